The number of hydrogen-bond donors (Lipinski definition) is 1. The Morgan fingerprint density at radius 3 is 2.22 bits per heavy atom. The molecule has 4 heteroatoms. The average molecular weight is 272 g/mol. The Labute approximate surface area is 114 Å². The summed E-state index contributed by atoms with van der Waals surface area (Å²) in [7, 11) is 5.20. The third kappa shape index (κ3) is 3.30. The second kappa shape index (κ2) is 6.30. The lowest BCUT2D eigenvalue weighted by molar-refractivity contribution is 0.352. The number of hydrogen-bond acceptors (Lipinski definition) is 3. The second-order valence-electron chi connectivity index (χ2n) is 4.92. The van der Waals surface area contributed by atoms with Gasteiger partial charge < -0.3 is 14.8 Å². The van der Waals surface area contributed by atoms with Crippen molar-refractivity contribution in [3.05, 3.63) is 22.7 Å². The first-order chi connectivity index (χ1) is 8.46. The van der Waals surface area contributed by atoms with Gasteiger partial charge in [-0.05, 0) is 37.1 Å². The molecule has 0 saturated heterocycles. The highest BCUT2D eigenvalue weighted by molar-refractivity contribution is 6.31. The van der Waals surface area contributed by atoms with Crippen LogP contribution in [0.3, 0.4) is 0 Å². The zero-order chi connectivity index (χ0) is 13.8. The molecule has 0 unspecified atom stereocenters. The van der Waals surface area contributed by atoms with Crippen LogP contribution in [0, 0.1) is 0 Å². The lowest BCUT2D eigenvalue weighted by atomic mass is 9.81. The van der Waals surface area contributed by atoms with Gasteiger partial charge in [-0.1, -0.05) is 25.4 Å². The van der Waals surface area contributed by atoms with Gasteiger partial charge in [0.25, 0.3) is 0 Å². The van der Waals surface area contributed by atoms with Crippen molar-refractivity contribution in [2.24, 2.45) is 0 Å². The van der Waals surface area contributed by atoms with Crippen molar-refractivity contribution in [1.29, 1.82) is 0 Å². The predicted octanol–water partition coefficient (Wildman–Crippen LogP) is 3.24. The largest absolute Gasteiger partial charge is 0.493 e. The molecule has 102 valence electrons. The van der Waals surface area contributed by atoms with E-state index in [1.807, 2.05) is 19.2 Å². The Morgan fingerprint density at radius 1 is 1.17 bits per heavy atom. The molecule has 1 aromatic rings. The van der Waals surface area contributed by atoms with E-state index in [0.29, 0.717) is 10.8 Å². The van der Waals surface area contributed by atoms with Gasteiger partial charge in [0.2, 0.25) is 0 Å². The van der Waals surface area contributed by atoms with E-state index in [-0.39, 0.29) is 5.41 Å². The molecule has 0 heterocycles. The molecule has 3 nitrogen and oxygen atoms in total. The summed E-state index contributed by atoms with van der Waals surface area (Å²) in [6, 6.07) is 3.79. The summed E-state index contributed by atoms with van der Waals surface area (Å²) in [6.07, 6.45) is 0.999. The molecule has 1 rings (SSSR count). The Morgan fingerprint density at radius 2 is 1.72 bits per heavy atom. The fourth-order valence-corrected chi connectivity index (χ4v) is 2.35. The van der Waals surface area contributed by atoms with E-state index in [4.69, 9.17) is 21.1 Å². The zero-order valence-electron chi connectivity index (χ0n) is 11.8. The summed E-state index contributed by atoms with van der Waals surface area (Å²) in [6.45, 7) is 5.30. The smallest absolute Gasteiger partial charge is 0.162 e. The summed E-state index contributed by atoms with van der Waals surface area (Å²) in [4.78, 5) is 0. The van der Waals surface area contributed by atoms with Crippen molar-refractivity contribution in [3.8, 4) is 11.5 Å². The molecular formula is C14H22ClNO2. The molecule has 0 spiro atoms. The topological polar surface area (TPSA) is 30.5 Å². The van der Waals surface area contributed by atoms with Crippen LogP contribution in [0.25, 0.3) is 0 Å². The lowest BCUT2D eigenvalue weighted by Gasteiger charge is -2.27. The first-order valence-electron chi connectivity index (χ1n) is 6.03. The van der Waals surface area contributed by atoms with E-state index in [9.17, 15) is 0 Å². The molecule has 0 saturated carbocycles. The van der Waals surface area contributed by atoms with Crippen LogP contribution in [-0.2, 0) is 5.41 Å². The molecule has 1 N–H and O–H groups in total. The quantitative estimate of drug-likeness (QED) is 0.862. The van der Waals surface area contributed by atoms with E-state index >= 15 is 0 Å². The van der Waals surface area contributed by atoms with Gasteiger partial charge in [-0.3, -0.25) is 0 Å². The van der Waals surface area contributed by atoms with Crippen molar-refractivity contribution in [3.63, 3.8) is 0 Å². The van der Waals surface area contributed by atoms with Crippen LogP contribution in [0.5, 0.6) is 11.5 Å². The summed E-state index contributed by atoms with van der Waals surface area (Å²) < 4.78 is 10.6. The van der Waals surface area contributed by atoms with Crippen LogP contribution in [0.2, 0.25) is 5.02 Å². The predicted molar refractivity (Wildman–Crippen MR) is 76.1 cm³/mol. The van der Waals surface area contributed by atoms with Gasteiger partial charge in [0.15, 0.2) is 11.5 Å². The highest BCUT2D eigenvalue weighted by Crippen LogP contribution is 2.39. The normalized spacial score (nSPS) is 11.4. The molecule has 0 aliphatic heterocycles. The molecular weight excluding hydrogens is 250 g/mol. The second-order valence-corrected chi connectivity index (χ2v) is 5.33. The van der Waals surface area contributed by atoms with Crippen LogP contribution in [0.1, 0.15) is 25.8 Å². The fourth-order valence-electron chi connectivity index (χ4n) is 1.94. The fraction of sp³-hybridized carbons (Fsp3) is 0.571. The molecule has 0 aliphatic carbocycles. The van der Waals surface area contributed by atoms with E-state index < -0.39 is 0 Å². The van der Waals surface area contributed by atoms with Gasteiger partial charge in [-0.25, -0.2) is 0 Å². The zero-order valence-corrected chi connectivity index (χ0v) is 12.5. The SMILES string of the molecule is CNCCC(C)(C)c1cc(OC)c(OC)cc1Cl. The van der Waals surface area contributed by atoms with Gasteiger partial charge in [-0.2, -0.15) is 0 Å². The van der Waals surface area contributed by atoms with Gasteiger partial charge in [0, 0.05) is 11.1 Å². The third-order valence-corrected chi connectivity index (χ3v) is 3.52. The number of methoxy groups -OCH3 is 2. The highest BCUT2D eigenvalue weighted by atomic mass is 35.5. The Kier molecular flexibility index (Phi) is 5.29. The van der Waals surface area contributed by atoms with Gasteiger partial charge >= 0.3 is 0 Å². The van der Waals surface area contributed by atoms with E-state index in [1.54, 1.807) is 14.2 Å². The minimum Gasteiger partial charge on any atom is -0.493 e. The van der Waals surface area contributed by atoms with Crippen LogP contribution < -0.4 is 14.8 Å². The number of rotatable bonds is 6. The Hall–Kier alpha value is -0.930. The molecule has 0 aromatic heterocycles. The van der Waals surface area contributed by atoms with Crippen LogP contribution in [0.4, 0.5) is 0 Å². The van der Waals surface area contributed by atoms with Crippen molar-refractivity contribution in [1.82, 2.24) is 5.32 Å². The number of halogens is 1. The standard InChI is InChI=1S/C14H22ClNO2/c1-14(2,6-7-16-3)10-8-12(17-4)13(18-5)9-11(10)15/h8-9,16H,6-7H2,1-5H3. The first kappa shape index (κ1) is 15.1. The molecule has 0 atom stereocenters. The van der Waals surface area contributed by atoms with Gasteiger partial charge in [-0.15, -0.1) is 0 Å². The summed E-state index contributed by atoms with van der Waals surface area (Å²) in [5.41, 5.74) is 1.07. The summed E-state index contributed by atoms with van der Waals surface area (Å²) in [5, 5.41) is 3.88. The lowest BCUT2D eigenvalue weighted by Crippen LogP contribution is -2.24. The van der Waals surface area contributed by atoms with Crippen molar-refractivity contribution in [2.45, 2.75) is 25.7 Å². The number of benzene rings is 1. The maximum absolute atomic E-state index is 6.34. The van der Waals surface area contributed by atoms with Crippen LogP contribution in [0.15, 0.2) is 12.1 Å². The summed E-state index contributed by atoms with van der Waals surface area (Å²) >= 11 is 6.34. The van der Waals surface area contributed by atoms with Gasteiger partial charge in [0.1, 0.15) is 0 Å². The Bertz CT molecular complexity index is 405. The van der Waals surface area contributed by atoms with E-state index in [0.717, 1.165) is 24.3 Å². The minimum absolute atomic E-state index is 0.0142. The summed E-state index contributed by atoms with van der Waals surface area (Å²) in [5.74, 6) is 1.38. The maximum atomic E-state index is 6.34. The molecule has 0 amide bonds. The molecule has 18 heavy (non-hydrogen) atoms. The monoisotopic (exact) mass is 271 g/mol. The minimum atomic E-state index is -0.0142. The van der Waals surface area contributed by atoms with Crippen molar-refractivity contribution >= 4 is 11.6 Å². The number of ether oxygens (including phenoxy) is 2. The van der Waals surface area contributed by atoms with Crippen molar-refractivity contribution < 1.29 is 9.47 Å². The van der Waals surface area contributed by atoms with E-state index in [2.05, 4.69) is 19.2 Å². The van der Waals surface area contributed by atoms with E-state index in [1.165, 1.54) is 0 Å². The maximum Gasteiger partial charge on any atom is 0.162 e. The van der Waals surface area contributed by atoms with Gasteiger partial charge in [0.05, 0.1) is 14.2 Å². The highest BCUT2D eigenvalue weighted by Gasteiger charge is 2.24. The molecule has 0 radical (unpaired) electrons. The molecule has 0 bridgehead atoms. The molecule has 0 fully saturated rings. The first-order valence-corrected chi connectivity index (χ1v) is 6.40. The van der Waals surface area contributed by atoms with Crippen molar-refractivity contribution in [2.75, 3.05) is 27.8 Å². The third-order valence-electron chi connectivity index (χ3n) is 3.20. The number of nitrogens with one attached hydrogen (secondary N) is 1. The average Bonchev–Trinajstić information content (AvgIpc) is 2.35. The molecule has 0 aliphatic rings. The van der Waals surface area contributed by atoms with Crippen LogP contribution >= 0.6 is 11.6 Å². The van der Waals surface area contributed by atoms with Crippen LogP contribution in [-0.4, -0.2) is 27.8 Å². The Balaban J connectivity index is 3.15. The molecule has 1 aromatic carbocycles.